The lowest BCUT2D eigenvalue weighted by Crippen LogP contribution is -2.47. The number of anilines is 1. The molecule has 2 N–H and O–H groups in total. The van der Waals surface area contributed by atoms with E-state index in [1.54, 1.807) is 18.0 Å². The fraction of sp³-hybridized carbons (Fsp3) is 0.478. The van der Waals surface area contributed by atoms with Crippen LogP contribution >= 0.6 is 11.3 Å². The number of nitrogens with zero attached hydrogens (tertiary/aromatic N) is 3. The molecule has 4 rings (SSSR count). The highest BCUT2D eigenvalue weighted by Crippen LogP contribution is 2.36. The van der Waals surface area contributed by atoms with Crippen LogP contribution in [0.4, 0.5) is 10.5 Å². The summed E-state index contributed by atoms with van der Waals surface area (Å²) in [6.45, 7) is 8.90. The lowest BCUT2D eigenvalue weighted by Gasteiger charge is -2.35. The molecule has 0 bridgehead atoms. The molecule has 0 saturated carbocycles. The molecule has 3 aromatic rings. The van der Waals surface area contributed by atoms with Gasteiger partial charge in [-0.3, -0.25) is 0 Å². The van der Waals surface area contributed by atoms with Gasteiger partial charge in [0.15, 0.2) is 0 Å². The van der Waals surface area contributed by atoms with E-state index >= 15 is 0 Å². The third-order valence-electron chi connectivity index (χ3n) is 5.22. The molecule has 0 aromatic carbocycles. The van der Waals surface area contributed by atoms with Crippen LogP contribution in [0.2, 0.25) is 0 Å². The van der Waals surface area contributed by atoms with Crippen LogP contribution in [0.3, 0.4) is 0 Å². The number of esters is 1. The van der Waals surface area contributed by atoms with Crippen molar-refractivity contribution in [1.29, 1.82) is 0 Å². The van der Waals surface area contributed by atoms with Crippen molar-refractivity contribution in [1.82, 2.24) is 19.9 Å². The standard InChI is InChI=1S/C23H29N5O4S/c1-5-31-21(29)17-12-26-20(33-17)16-11-25-19-15(8-9-24-19)18(16)27-14-7-6-10-28(13-14)22(30)32-23(2,3)4/h8-9,11-12,14H,5-7,10,13H2,1-4H3,(H2,24,25,27)/t14-/m1/s1. The van der Waals surface area contributed by atoms with E-state index in [4.69, 9.17) is 9.47 Å². The van der Waals surface area contributed by atoms with Crippen molar-refractivity contribution in [2.45, 2.75) is 52.2 Å². The number of fused-ring (bicyclic) bond motifs is 1. The molecule has 4 heterocycles. The number of piperidine rings is 1. The summed E-state index contributed by atoms with van der Waals surface area (Å²) in [5.74, 6) is -0.383. The monoisotopic (exact) mass is 471 g/mol. The Bertz CT molecular complexity index is 1150. The van der Waals surface area contributed by atoms with Gasteiger partial charge in [0.25, 0.3) is 0 Å². The zero-order valence-electron chi connectivity index (χ0n) is 19.3. The minimum absolute atomic E-state index is 0.0370. The summed E-state index contributed by atoms with van der Waals surface area (Å²) in [5.41, 5.74) is 1.90. The van der Waals surface area contributed by atoms with Crippen molar-refractivity contribution >= 4 is 40.1 Å². The zero-order chi connectivity index (χ0) is 23.6. The summed E-state index contributed by atoms with van der Waals surface area (Å²) in [6.07, 6.45) is 6.62. The first-order valence-electron chi connectivity index (χ1n) is 11.1. The minimum atomic E-state index is -0.533. The van der Waals surface area contributed by atoms with E-state index in [9.17, 15) is 9.59 Å². The predicted molar refractivity (Wildman–Crippen MR) is 128 cm³/mol. The first-order valence-corrected chi connectivity index (χ1v) is 11.9. The number of nitrogens with one attached hydrogen (secondary N) is 2. The molecular formula is C23H29N5O4S. The van der Waals surface area contributed by atoms with Crippen LogP contribution < -0.4 is 5.32 Å². The fourth-order valence-corrected chi connectivity index (χ4v) is 4.64. The Labute approximate surface area is 196 Å². The topological polar surface area (TPSA) is 109 Å². The third-order valence-corrected chi connectivity index (χ3v) is 6.23. The second-order valence-electron chi connectivity index (χ2n) is 8.95. The highest BCUT2D eigenvalue weighted by Gasteiger charge is 2.29. The van der Waals surface area contributed by atoms with Crippen molar-refractivity contribution < 1.29 is 19.1 Å². The van der Waals surface area contributed by atoms with Crippen LogP contribution in [0.15, 0.2) is 24.7 Å². The molecule has 33 heavy (non-hydrogen) atoms. The van der Waals surface area contributed by atoms with Crippen LogP contribution in [0.5, 0.6) is 0 Å². The van der Waals surface area contributed by atoms with Gasteiger partial charge < -0.3 is 24.7 Å². The van der Waals surface area contributed by atoms with Gasteiger partial charge in [-0.25, -0.2) is 19.6 Å². The Morgan fingerprint density at radius 2 is 2.12 bits per heavy atom. The average Bonchev–Trinajstić information content (AvgIpc) is 3.43. The summed E-state index contributed by atoms with van der Waals surface area (Å²) in [6, 6.07) is 2.00. The number of carbonyl (C=O) groups is 2. The Morgan fingerprint density at radius 1 is 1.30 bits per heavy atom. The smallest absolute Gasteiger partial charge is 0.410 e. The van der Waals surface area contributed by atoms with Crippen LogP contribution in [-0.4, -0.2) is 63.3 Å². The molecule has 3 aromatic heterocycles. The molecule has 176 valence electrons. The highest BCUT2D eigenvalue weighted by atomic mass is 32.1. The lowest BCUT2D eigenvalue weighted by molar-refractivity contribution is 0.0206. The van der Waals surface area contributed by atoms with Gasteiger partial charge in [-0.15, -0.1) is 11.3 Å². The molecule has 9 nitrogen and oxygen atoms in total. The number of rotatable bonds is 5. The maximum absolute atomic E-state index is 12.6. The number of thiazole rings is 1. The Morgan fingerprint density at radius 3 is 2.88 bits per heavy atom. The van der Waals surface area contributed by atoms with E-state index < -0.39 is 5.60 Å². The summed E-state index contributed by atoms with van der Waals surface area (Å²) in [7, 11) is 0. The Hall–Kier alpha value is -3.14. The largest absolute Gasteiger partial charge is 0.462 e. The quantitative estimate of drug-likeness (QED) is 0.520. The number of hydrogen-bond donors (Lipinski definition) is 2. The lowest BCUT2D eigenvalue weighted by atomic mass is 10.0. The molecule has 0 spiro atoms. The molecule has 0 unspecified atom stereocenters. The number of amides is 1. The number of hydrogen-bond acceptors (Lipinski definition) is 8. The maximum Gasteiger partial charge on any atom is 0.410 e. The van der Waals surface area contributed by atoms with Crippen molar-refractivity contribution in [3.05, 3.63) is 29.5 Å². The molecule has 1 aliphatic rings. The Kier molecular flexibility index (Phi) is 6.55. The van der Waals surface area contributed by atoms with Crippen molar-refractivity contribution in [3.8, 4) is 10.6 Å². The van der Waals surface area contributed by atoms with E-state index in [-0.39, 0.29) is 18.1 Å². The van der Waals surface area contributed by atoms with E-state index in [2.05, 4.69) is 20.3 Å². The van der Waals surface area contributed by atoms with Crippen molar-refractivity contribution in [2.24, 2.45) is 0 Å². The highest BCUT2D eigenvalue weighted by molar-refractivity contribution is 7.16. The molecule has 1 fully saturated rings. The summed E-state index contributed by atoms with van der Waals surface area (Å²) < 4.78 is 10.7. The summed E-state index contributed by atoms with van der Waals surface area (Å²) >= 11 is 1.27. The number of aromatic amines is 1. The Balaban J connectivity index is 1.60. The first-order chi connectivity index (χ1) is 15.7. The number of likely N-dealkylation sites (tertiary alicyclic amines) is 1. The van der Waals surface area contributed by atoms with E-state index in [0.29, 0.717) is 29.6 Å². The first kappa shape index (κ1) is 23.0. The fourth-order valence-electron chi connectivity index (χ4n) is 3.81. The maximum atomic E-state index is 12.6. The average molecular weight is 472 g/mol. The molecular weight excluding hydrogens is 442 g/mol. The van der Waals surface area contributed by atoms with Gasteiger partial charge in [0, 0.05) is 36.9 Å². The molecule has 0 radical (unpaired) electrons. The van der Waals surface area contributed by atoms with Gasteiger partial charge in [0.1, 0.15) is 21.1 Å². The molecule has 1 atom stereocenters. The summed E-state index contributed by atoms with van der Waals surface area (Å²) in [4.78, 5) is 39.0. The predicted octanol–water partition coefficient (Wildman–Crippen LogP) is 4.67. The van der Waals surface area contributed by atoms with Gasteiger partial charge in [-0.05, 0) is 46.6 Å². The van der Waals surface area contributed by atoms with Crippen LogP contribution in [0, 0.1) is 0 Å². The van der Waals surface area contributed by atoms with Gasteiger partial charge >= 0.3 is 12.1 Å². The minimum Gasteiger partial charge on any atom is -0.462 e. The molecule has 0 aliphatic carbocycles. The van der Waals surface area contributed by atoms with E-state index in [1.807, 2.05) is 33.0 Å². The number of aromatic nitrogens is 3. The number of carbonyl (C=O) groups excluding carboxylic acids is 2. The van der Waals surface area contributed by atoms with Crippen molar-refractivity contribution in [2.75, 3.05) is 25.0 Å². The van der Waals surface area contributed by atoms with Gasteiger partial charge in [0.2, 0.25) is 0 Å². The van der Waals surface area contributed by atoms with Crippen molar-refractivity contribution in [3.63, 3.8) is 0 Å². The SMILES string of the molecule is CCOC(=O)c1cnc(-c2cnc3[nH]ccc3c2N[C@@H]2CCCN(C(=O)OC(C)(C)C)C2)s1. The second-order valence-corrected chi connectivity index (χ2v) is 9.98. The number of pyridine rings is 1. The van der Waals surface area contributed by atoms with Crippen LogP contribution in [-0.2, 0) is 9.47 Å². The second kappa shape index (κ2) is 9.38. The molecule has 10 heteroatoms. The molecule has 1 amide bonds. The number of H-pyrrole nitrogens is 1. The molecule has 1 aliphatic heterocycles. The molecule has 1 saturated heterocycles. The van der Waals surface area contributed by atoms with E-state index in [1.165, 1.54) is 17.5 Å². The van der Waals surface area contributed by atoms with Gasteiger partial charge in [-0.1, -0.05) is 0 Å². The summed E-state index contributed by atoms with van der Waals surface area (Å²) in [5, 5.41) is 5.23. The zero-order valence-corrected chi connectivity index (χ0v) is 20.1. The third kappa shape index (κ3) is 5.27. The van der Waals surface area contributed by atoms with E-state index in [0.717, 1.165) is 35.1 Å². The van der Waals surface area contributed by atoms with Crippen LogP contribution in [0.1, 0.15) is 50.2 Å². The normalized spacial score (nSPS) is 16.6. The van der Waals surface area contributed by atoms with Crippen LogP contribution in [0.25, 0.3) is 21.6 Å². The van der Waals surface area contributed by atoms with Gasteiger partial charge in [-0.2, -0.15) is 0 Å². The van der Waals surface area contributed by atoms with Gasteiger partial charge in [0.05, 0.1) is 24.1 Å². The number of ether oxygens (including phenoxy) is 2.